The van der Waals surface area contributed by atoms with Gasteiger partial charge in [0.25, 0.3) is 0 Å². The number of anilines is 1. The van der Waals surface area contributed by atoms with Gasteiger partial charge in [0.2, 0.25) is 11.8 Å². The normalized spacial score (nSPS) is 19.8. The molecule has 1 saturated heterocycles. The van der Waals surface area contributed by atoms with Gasteiger partial charge in [-0.2, -0.15) is 0 Å². The number of carbonyl (C=O) groups excluding carboxylic acids is 2. The quantitative estimate of drug-likeness (QED) is 0.855. The Morgan fingerprint density at radius 3 is 2.94 bits per heavy atom. The number of halogens is 1. The monoisotopic (exact) mass is 253 g/mol. The first-order valence-corrected chi connectivity index (χ1v) is 5.62. The van der Waals surface area contributed by atoms with Crippen molar-refractivity contribution in [1.29, 1.82) is 0 Å². The minimum Gasteiger partial charge on any atom is -0.368 e. The van der Waals surface area contributed by atoms with Crippen LogP contribution >= 0.6 is 11.6 Å². The number of hydrogen-bond acceptors (Lipinski definition) is 3. The van der Waals surface area contributed by atoms with Gasteiger partial charge >= 0.3 is 0 Å². The second-order valence-corrected chi connectivity index (χ2v) is 4.45. The molecule has 1 aromatic rings. The molecule has 2 N–H and O–H groups in total. The first-order valence-electron chi connectivity index (χ1n) is 5.24. The summed E-state index contributed by atoms with van der Waals surface area (Å²) in [5.74, 6) is -0.398. The van der Waals surface area contributed by atoms with Crippen molar-refractivity contribution in [1.82, 2.24) is 4.98 Å². The molecule has 2 amide bonds. The minimum absolute atomic E-state index is 0.174. The summed E-state index contributed by atoms with van der Waals surface area (Å²) in [4.78, 5) is 28.4. The van der Waals surface area contributed by atoms with E-state index >= 15 is 0 Å². The van der Waals surface area contributed by atoms with Crippen molar-refractivity contribution in [3.05, 3.63) is 22.8 Å². The summed E-state index contributed by atoms with van der Waals surface area (Å²) in [6.07, 6.45) is 2.31. The van der Waals surface area contributed by atoms with Crippen LogP contribution in [0.25, 0.3) is 0 Å². The summed E-state index contributed by atoms with van der Waals surface area (Å²) in [6.45, 7) is 1.85. The molecule has 6 heteroatoms. The molecule has 0 radical (unpaired) electrons. The molecule has 0 aromatic carbocycles. The molecular formula is C11H12ClN3O2. The number of aromatic nitrogens is 1. The van der Waals surface area contributed by atoms with Crippen LogP contribution in [0.3, 0.4) is 0 Å². The highest BCUT2D eigenvalue weighted by Crippen LogP contribution is 2.30. The maximum atomic E-state index is 11.7. The second-order valence-electron chi connectivity index (χ2n) is 4.04. The number of nitrogens with two attached hydrogens (primary N) is 1. The number of nitrogens with zero attached hydrogens (tertiary/aromatic N) is 2. The van der Waals surface area contributed by atoms with E-state index in [9.17, 15) is 9.59 Å². The zero-order chi connectivity index (χ0) is 12.6. The molecule has 1 atom stereocenters. The van der Waals surface area contributed by atoms with Crippen molar-refractivity contribution in [3.63, 3.8) is 0 Å². The van der Waals surface area contributed by atoms with Gasteiger partial charge in [0.15, 0.2) is 5.82 Å². The van der Waals surface area contributed by atoms with Gasteiger partial charge < -0.3 is 5.73 Å². The van der Waals surface area contributed by atoms with E-state index in [1.165, 1.54) is 4.90 Å². The molecule has 1 fully saturated rings. The molecule has 1 aromatic heterocycles. The number of carbonyl (C=O) groups is 2. The third kappa shape index (κ3) is 2.10. The van der Waals surface area contributed by atoms with E-state index in [1.807, 2.05) is 6.92 Å². The van der Waals surface area contributed by atoms with Crippen LogP contribution in [0.2, 0.25) is 5.02 Å². The molecule has 1 aliphatic rings. The van der Waals surface area contributed by atoms with E-state index < -0.39 is 11.9 Å². The summed E-state index contributed by atoms with van der Waals surface area (Å²) in [6, 6.07) is 1.06. The van der Waals surface area contributed by atoms with Gasteiger partial charge in [0, 0.05) is 12.6 Å². The molecule has 0 spiro atoms. The van der Waals surface area contributed by atoms with Crippen LogP contribution in [0.1, 0.15) is 18.4 Å². The Kier molecular flexibility index (Phi) is 3.02. The third-order valence-corrected chi connectivity index (χ3v) is 3.01. The van der Waals surface area contributed by atoms with E-state index in [-0.39, 0.29) is 5.91 Å². The van der Waals surface area contributed by atoms with Crippen LogP contribution in [0.15, 0.2) is 12.3 Å². The van der Waals surface area contributed by atoms with E-state index in [0.717, 1.165) is 5.56 Å². The fourth-order valence-electron chi connectivity index (χ4n) is 1.92. The van der Waals surface area contributed by atoms with Crippen molar-refractivity contribution >= 4 is 29.2 Å². The van der Waals surface area contributed by atoms with Crippen molar-refractivity contribution in [2.75, 3.05) is 4.90 Å². The Morgan fingerprint density at radius 2 is 2.35 bits per heavy atom. The van der Waals surface area contributed by atoms with E-state index in [1.54, 1.807) is 12.3 Å². The number of hydrogen-bond donors (Lipinski definition) is 1. The van der Waals surface area contributed by atoms with Gasteiger partial charge in [0.1, 0.15) is 6.04 Å². The lowest BCUT2D eigenvalue weighted by molar-refractivity contribution is -0.121. The lowest BCUT2D eigenvalue weighted by Gasteiger charge is -2.22. The average Bonchev–Trinajstić information content (AvgIpc) is 2.60. The Bertz CT molecular complexity index is 490. The van der Waals surface area contributed by atoms with E-state index in [0.29, 0.717) is 23.7 Å². The van der Waals surface area contributed by atoms with Crippen LogP contribution in [0.5, 0.6) is 0 Å². The van der Waals surface area contributed by atoms with Gasteiger partial charge in [-0.1, -0.05) is 11.6 Å². The Hall–Kier alpha value is -1.62. The van der Waals surface area contributed by atoms with Crippen molar-refractivity contribution in [2.45, 2.75) is 25.8 Å². The molecule has 1 aliphatic heterocycles. The first-order chi connectivity index (χ1) is 8.00. The Morgan fingerprint density at radius 1 is 1.65 bits per heavy atom. The van der Waals surface area contributed by atoms with Crippen molar-refractivity contribution in [2.24, 2.45) is 5.73 Å². The standard InChI is InChI=1S/C11H12ClN3O2/c1-6-4-7(12)11(14-5-6)15-8(10(13)17)2-3-9(15)16/h4-5,8H,2-3H2,1H3,(H2,13,17). The molecule has 5 nitrogen and oxygen atoms in total. The van der Waals surface area contributed by atoms with Crippen LogP contribution in [-0.4, -0.2) is 22.8 Å². The zero-order valence-corrected chi connectivity index (χ0v) is 10.1. The van der Waals surface area contributed by atoms with Gasteiger partial charge in [0.05, 0.1) is 5.02 Å². The van der Waals surface area contributed by atoms with Gasteiger partial charge in [-0.15, -0.1) is 0 Å². The number of rotatable bonds is 2. The lowest BCUT2D eigenvalue weighted by Crippen LogP contribution is -2.42. The Balaban J connectivity index is 2.43. The molecule has 0 bridgehead atoms. The zero-order valence-electron chi connectivity index (χ0n) is 9.31. The van der Waals surface area contributed by atoms with Gasteiger partial charge in [-0.3, -0.25) is 14.5 Å². The summed E-state index contributed by atoms with van der Waals surface area (Å²) in [7, 11) is 0. The maximum absolute atomic E-state index is 11.7. The van der Waals surface area contributed by atoms with Gasteiger partial charge in [-0.25, -0.2) is 4.98 Å². The fourth-order valence-corrected chi connectivity index (χ4v) is 2.23. The molecule has 2 heterocycles. The Labute approximate surface area is 104 Å². The number of primary amides is 1. The molecule has 2 rings (SSSR count). The number of aryl methyl sites for hydroxylation is 1. The largest absolute Gasteiger partial charge is 0.368 e. The molecule has 17 heavy (non-hydrogen) atoms. The van der Waals surface area contributed by atoms with Crippen LogP contribution in [0.4, 0.5) is 5.82 Å². The third-order valence-electron chi connectivity index (χ3n) is 2.73. The topological polar surface area (TPSA) is 76.3 Å². The summed E-state index contributed by atoms with van der Waals surface area (Å²) < 4.78 is 0. The molecule has 0 saturated carbocycles. The highest BCUT2D eigenvalue weighted by Gasteiger charge is 2.37. The lowest BCUT2D eigenvalue weighted by atomic mass is 10.2. The van der Waals surface area contributed by atoms with Crippen LogP contribution in [-0.2, 0) is 9.59 Å². The maximum Gasteiger partial charge on any atom is 0.240 e. The predicted octanol–water partition coefficient (Wildman–Crippen LogP) is 1.02. The van der Waals surface area contributed by atoms with E-state index in [4.69, 9.17) is 17.3 Å². The molecule has 0 aliphatic carbocycles. The van der Waals surface area contributed by atoms with Crippen molar-refractivity contribution in [3.8, 4) is 0 Å². The second kappa shape index (κ2) is 4.33. The summed E-state index contributed by atoms with van der Waals surface area (Å²) in [5.41, 5.74) is 6.15. The predicted molar refractivity (Wildman–Crippen MR) is 63.7 cm³/mol. The summed E-state index contributed by atoms with van der Waals surface area (Å²) in [5, 5.41) is 0.353. The molecule has 90 valence electrons. The minimum atomic E-state index is -0.643. The van der Waals surface area contributed by atoms with Gasteiger partial charge in [-0.05, 0) is 25.0 Å². The van der Waals surface area contributed by atoms with Crippen LogP contribution in [0, 0.1) is 6.92 Å². The highest BCUT2D eigenvalue weighted by molar-refractivity contribution is 6.33. The van der Waals surface area contributed by atoms with E-state index in [2.05, 4.69) is 4.98 Å². The molecule has 1 unspecified atom stereocenters. The first kappa shape index (κ1) is 11.9. The van der Waals surface area contributed by atoms with Crippen LogP contribution < -0.4 is 10.6 Å². The smallest absolute Gasteiger partial charge is 0.240 e. The molecular weight excluding hydrogens is 242 g/mol. The number of amides is 2. The van der Waals surface area contributed by atoms with Crippen molar-refractivity contribution < 1.29 is 9.59 Å². The summed E-state index contributed by atoms with van der Waals surface area (Å²) >= 11 is 6.04. The SMILES string of the molecule is Cc1cnc(N2C(=O)CCC2C(N)=O)c(Cl)c1. The highest BCUT2D eigenvalue weighted by atomic mass is 35.5. The number of pyridine rings is 1. The fraction of sp³-hybridized carbons (Fsp3) is 0.364. The average molecular weight is 254 g/mol.